The Balaban J connectivity index is 1.37. The topological polar surface area (TPSA) is 93.2 Å². The summed E-state index contributed by atoms with van der Waals surface area (Å²) >= 11 is 0. The summed E-state index contributed by atoms with van der Waals surface area (Å²) in [6.07, 6.45) is -0.745. The number of aromatic amines is 1. The van der Waals surface area contributed by atoms with E-state index < -0.39 is 30.2 Å². The molecule has 5 aromatic rings. The van der Waals surface area contributed by atoms with E-state index in [1.54, 1.807) is 0 Å². The first-order valence-corrected chi connectivity index (χ1v) is 15.1. The second-order valence-electron chi connectivity index (χ2n) is 11.3. The van der Waals surface area contributed by atoms with Gasteiger partial charge in [0.1, 0.15) is 23.9 Å². The number of rotatable bonds is 13. The van der Waals surface area contributed by atoms with E-state index in [-0.39, 0.29) is 26.4 Å². The van der Waals surface area contributed by atoms with Crippen molar-refractivity contribution < 1.29 is 29.2 Å². The van der Waals surface area contributed by atoms with Crippen LogP contribution in [0.5, 0.6) is 0 Å². The van der Waals surface area contributed by atoms with Crippen molar-refractivity contribution in [2.24, 2.45) is 0 Å². The Hall–Kier alpha value is -3.82. The van der Waals surface area contributed by atoms with Gasteiger partial charge in [0.2, 0.25) is 0 Å². The maximum Gasteiger partial charge on any atom is 0.187 e. The smallest absolute Gasteiger partial charge is 0.187 e. The number of nitrogens with one attached hydrogen (secondary N) is 1. The van der Waals surface area contributed by atoms with E-state index in [0.29, 0.717) is 12.8 Å². The molecular weight excluding hydrogens is 554 g/mol. The Bertz CT molecular complexity index is 1580. The number of aliphatic hydroxyl groups excluding tert-OH is 2. The van der Waals surface area contributed by atoms with Crippen molar-refractivity contribution >= 4 is 10.9 Å². The van der Waals surface area contributed by atoms with Gasteiger partial charge in [-0.15, -0.1) is 0 Å². The lowest BCUT2D eigenvalue weighted by atomic mass is 9.81. The first kappa shape index (κ1) is 30.2. The van der Waals surface area contributed by atoms with Gasteiger partial charge in [-0.2, -0.15) is 0 Å². The van der Waals surface area contributed by atoms with E-state index in [0.717, 1.165) is 33.2 Å². The van der Waals surface area contributed by atoms with E-state index in [1.807, 2.05) is 115 Å². The molecule has 44 heavy (non-hydrogen) atoms. The molecule has 7 heteroatoms. The van der Waals surface area contributed by atoms with Crippen LogP contribution in [-0.2, 0) is 45.2 Å². The number of aryl methyl sites for hydroxylation is 1. The van der Waals surface area contributed by atoms with Gasteiger partial charge < -0.3 is 34.1 Å². The van der Waals surface area contributed by atoms with Crippen molar-refractivity contribution in [3.63, 3.8) is 0 Å². The lowest BCUT2D eigenvalue weighted by molar-refractivity contribution is -0.359. The molecule has 0 amide bonds. The van der Waals surface area contributed by atoms with Gasteiger partial charge in [0.05, 0.1) is 26.4 Å². The summed E-state index contributed by atoms with van der Waals surface area (Å²) in [6.45, 7) is 0.434. The van der Waals surface area contributed by atoms with Gasteiger partial charge >= 0.3 is 0 Å². The van der Waals surface area contributed by atoms with E-state index in [2.05, 4.69) is 11.1 Å². The minimum atomic E-state index is -1.38. The van der Waals surface area contributed by atoms with Gasteiger partial charge in [0.25, 0.3) is 0 Å². The standard InChI is InChI=1S/C37H39NO6/c39-23-33-34(41-24-27-12-4-1-5-13-27)35(42-25-28-14-6-2-7-15-28)37(36(40)44-33,43-26-29-16-8-3-9-17-29)21-20-30-22-38-32-19-11-10-18-31(30)32/h1-19,22,33-36,38-40H,20-21,23-26H2/t33-,34-,35+,36-,37-/m1/s1. The first-order valence-electron chi connectivity index (χ1n) is 15.1. The molecule has 0 saturated carbocycles. The van der Waals surface area contributed by atoms with Gasteiger partial charge in [0, 0.05) is 17.1 Å². The van der Waals surface area contributed by atoms with E-state index >= 15 is 0 Å². The first-order chi connectivity index (χ1) is 21.7. The molecule has 228 valence electrons. The van der Waals surface area contributed by atoms with Crippen molar-refractivity contribution in [3.8, 4) is 0 Å². The molecule has 7 nitrogen and oxygen atoms in total. The van der Waals surface area contributed by atoms with Crippen LogP contribution in [0.2, 0.25) is 0 Å². The highest BCUT2D eigenvalue weighted by atomic mass is 16.7. The molecule has 4 aromatic carbocycles. The fourth-order valence-corrected chi connectivity index (χ4v) is 6.03. The highest BCUT2D eigenvalue weighted by Gasteiger charge is 2.58. The third-order valence-corrected chi connectivity index (χ3v) is 8.42. The second-order valence-corrected chi connectivity index (χ2v) is 11.3. The normalized spacial score (nSPS) is 23.6. The Labute approximate surface area is 258 Å². The average molecular weight is 594 g/mol. The third kappa shape index (κ3) is 6.79. The minimum absolute atomic E-state index is 0.232. The molecule has 1 aliphatic rings. The van der Waals surface area contributed by atoms with Crippen LogP contribution in [0.4, 0.5) is 0 Å². The van der Waals surface area contributed by atoms with Crippen molar-refractivity contribution in [2.45, 2.75) is 62.9 Å². The predicted molar refractivity (Wildman–Crippen MR) is 169 cm³/mol. The summed E-state index contributed by atoms with van der Waals surface area (Å²) in [6, 6.07) is 37.8. The maximum absolute atomic E-state index is 11.8. The number of benzene rings is 4. The van der Waals surface area contributed by atoms with Crippen LogP contribution in [0.15, 0.2) is 121 Å². The van der Waals surface area contributed by atoms with Crippen LogP contribution in [0.1, 0.15) is 28.7 Å². The number of hydrogen-bond acceptors (Lipinski definition) is 6. The molecule has 0 bridgehead atoms. The summed E-state index contributed by atoms with van der Waals surface area (Å²) in [5.74, 6) is 0. The predicted octanol–water partition coefficient (Wildman–Crippen LogP) is 5.94. The molecule has 6 rings (SSSR count). The van der Waals surface area contributed by atoms with E-state index in [4.69, 9.17) is 18.9 Å². The monoisotopic (exact) mass is 593 g/mol. The molecule has 1 saturated heterocycles. The van der Waals surface area contributed by atoms with Gasteiger partial charge in [-0.3, -0.25) is 0 Å². The van der Waals surface area contributed by atoms with Crippen LogP contribution >= 0.6 is 0 Å². The van der Waals surface area contributed by atoms with Gasteiger partial charge in [0.15, 0.2) is 6.29 Å². The fraction of sp³-hybridized carbons (Fsp3) is 0.297. The summed E-state index contributed by atoms with van der Waals surface area (Å²) in [5, 5.41) is 23.4. The third-order valence-electron chi connectivity index (χ3n) is 8.42. The zero-order valence-electron chi connectivity index (χ0n) is 24.6. The summed E-state index contributed by atoms with van der Waals surface area (Å²) in [4.78, 5) is 3.36. The van der Waals surface area contributed by atoms with Crippen LogP contribution in [0.3, 0.4) is 0 Å². The van der Waals surface area contributed by atoms with Crippen LogP contribution in [-0.4, -0.2) is 52.0 Å². The number of aromatic nitrogens is 1. The van der Waals surface area contributed by atoms with Crippen molar-refractivity contribution in [2.75, 3.05) is 6.61 Å². The average Bonchev–Trinajstić information content (AvgIpc) is 3.50. The quantitative estimate of drug-likeness (QED) is 0.157. The Morgan fingerprint density at radius 3 is 1.91 bits per heavy atom. The van der Waals surface area contributed by atoms with Gasteiger partial charge in [-0.05, 0) is 41.2 Å². The molecule has 0 spiro atoms. The van der Waals surface area contributed by atoms with Crippen LogP contribution in [0.25, 0.3) is 10.9 Å². The molecule has 1 fully saturated rings. The number of H-pyrrole nitrogens is 1. The van der Waals surface area contributed by atoms with Crippen molar-refractivity contribution in [3.05, 3.63) is 144 Å². The fourth-order valence-electron chi connectivity index (χ4n) is 6.03. The largest absolute Gasteiger partial charge is 0.394 e. The number of aliphatic hydroxyl groups is 2. The highest BCUT2D eigenvalue weighted by molar-refractivity contribution is 5.83. The second kappa shape index (κ2) is 14.3. The van der Waals surface area contributed by atoms with Crippen LogP contribution < -0.4 is 0 Å². The molecule has 0 aliphatic carbocycles. The van der Waals surface area contributed by atoms with Crippen LogP contribution in [0, 0.1) is 0 Å². The summed E-state index contributed by atoms with van der Waals surface area (Å²) in [5.41, 5.74) is 3.73. The minimum Gasteiger partial charge on any atom is -0.394 e. The number of fused-ring (bicyclic) bond motifs is 1. The van der Waals surface area contributed by atoms with E-state index in [9.17, 15) is 10.2 Å². The molecule has 3 N–H and O–H groups in total. The molecule has 1 aliphatic heterocycles. The highest BCUT2D eigenvalue weighted by Crippen LogP contribution is 2.41. The number of hydrogen-bond donors (Lipinski definition) is 3. The summed E-state index contributed by atoms with van der Waals surface area (Å²) in [7, 11) is 0. The van der Waals surface area contributed by atoms with E-state index in [1.165, 1.54) is 0 Å². The van der Waals surface area contributed by atoms with Gasteiger partial charge in [-0.1, -0.05) is 109 Å². The van der Waals surface area contributed by atoms with Gasteiger partial charge in [-0.25, -0.2) is 0 Å². The van der Waals surface area contributed by atoms with Crippen molar-refractivity contribution in [1.29, 1.82) is 0 Å². The molecule has 0 radical (unpaired) electrons. The molecule has 0 unspecified atom stereocenters. The summed E-state index contributed by atoms with van der Waals surface area (Å²) < 4.78 is 26.2. The molecule has 5 atom stereocenters. The Morgan fingerprint density at radius 2 is 1.27 bits per heavy atom. The molecular formula is C37H39NO6. The number of para-hydroxylation sites is 1. The molecule has 1 aromatic heterocycles. The Morgan fingerprint density at radius 1 is 0.705 bits per heavy atom. The molecule has 2 heterocycles. The zero-order valence-corrected chi connectivity index (χ0v) is 24.6. The lowest BCUT2D eigenvalue weighted by Gasteiger charge is -2.52. The van der Waals surface area contributed by atoms with Crippen molar-refractivity contribution in [1.82, 2.24) is 4.98 Å². The lowest BCUT2D eigenvalue weighted by Crippen LogP contribution is -2.69. The number of ether oxygens (including phenoxy) is 4. The maximum atomic E-state index is 11.8. The zero-order chi connectivity index (χ0) is 30.2. The SMILES string of the molecule is OC[C@H]1O[C@@H](O)[C@](CCc2c[nH]c3ccccc23)(OCc2ccccc2)[C@@H](OCc2ccccc2)[C@@H]1OCc1ccccc1. The Kier molecular flexibility index (Phi) is 9.83.